The zero-order chi connectivity index (χ0) is 58.1. The molecule has 0 unspecified atom stereocenters. The largest absolute Gasteiger partial charge is 0.457 e. The van der Waals surface area contributed by atoms with Gasteiger partial charge in [-0.3, -0.25) is 4.57 Å². The molecule has 0 aliphatic carbocycles. The molecule has 12 aromatic rings. The predicted molar refractivity (Wildman–Crippen MR) is 358 cm³/mol. The van der Waals surface area contributed by atoms with Gasteiger partial charge in [-0.25, -0.2) is 4.98 Å². The molecule has 0 spiro atoms. The Hall–Kier alpha value is -8.45. The number of para-hydroxylation sites is 3. The Bertz CT molecular complexity index is 4300. The molecule has 9 aromatic carbocycles. The Morgan fingerprint density at radius 3 is 1.65 bits per heavy atom. The van der Waals surface area contributed by atoms with Crippen LogP contribution in [0, 0.1) is 0 Å². The lowest BCUT2D eigenvalue weighted by molar-refractivity contribution is 0.484. The second-order valence-electron chi connectivity index (χ2n) is 26.2. The van der Waals surface area contributed by atoms with E-state index in [1.54, 1.807) is 0 Å². The van der Waals surface area contributed by atoms with Crippen molar-refractivity contribution in [3.05, 3.63) is 228 Å². The van der Waals surface area contributed by atoms with Crippen molar-refractivity contribution in [2.75, 3.05) is 10.6 Å². The zero-order valence-electron chi connectivity index (χ0n) is 50.4. The minimum atomic E-state index is -0.0638. The van der Waals surface area contributed by atoms with Crippen LogP contribution in [-0.4, -0.2) is 9.55 Å². The molecule has 0 saturated carbocycles. The smallest absolute Gasteiger partial charge is 0.137 e. The highest BCUT2D eigenvalue weighted by molar-refractivity contribution is 7.26. The maximum Gasteiger partial charge on any atom is 0.137 e. The van der Waals surface area contributed by atoms with Gasteiger partial charge >= 0.3 is 0 Å². The van der Waals surface area contributed by atoms with Crippen LogP contribution in [0.2, 0.25) is 0 Å². The van der Waals surface area contributed by atoms with Crippen molar-refractivity contribution in [1.82, 2.24) is 9.55 Å². The summed E-state index contributed by atoms with van der Waals surface area (Å²) in [4.78, 5) is 5.08. The molecule has 0 atom stereocenters. The fraction of sp³-hybridized carbons (Fsp3) is 0.234. The lowest BCUT2D eigenvalue weighted by atomic mass is 9.85. The van der Waals surface area contributed by atoms with Gasteiger partial charge in [0.25, 0.3) is 0 Å². The van der Waals surface area contributed by atoms with Crippen molar-refractivity contribution < 1.29 is 4.74 Å². The molecule has 0 bridgehead atoms. The molecular weight excluding hydrogens is 1030 g/mol. The number of pyridine rings is 1. The molecule has 6 heteroatoms. The molecule has 0 fully saturated rings. The van der Waals surface area contributed by atoms with Crippen LogP contribution in [0.25, 0.3) is 81.2 Å². The van der Waals surface area contributed by atoms with Crippen molar-refractivity contribution >= 4 is 76.1 Å². The van der Waals surface area contributed by atoms with Crippen LogP contribution < -0.4 is 15.4 Å². The number of nitrogens with one attached hydrogen (secondary N) is 2. The number of nitrogens with zero attached hydrogens (tertiary/aromatic N) is 2. The summed E-state index contributed by atoms with van der Waals surface area (Å²) in [7, 11) is 0. The van der Waals surface area contributed by atoms with Crippen molar-refractivity contribution in [2.45, 2.75) is 118 Å². The first-order valence-electron chi connectivity index (χ1n) is 29.5. The van der Waals surface area contributed by atoms with Gasteiger partial charge in [0.1, 0.15) is 17.3 Å². The number of ether oxygens (including phenoxy) is 1. The van der Waals surface area contributed by atoms with E-state index in [4.69, 9.17) is 9.72 Å². The number of hydrogen-bond donors (Lipinski definition) is 2. The minimum absolute atomic E-state index is 0.0374. The summed E-state index contributed by atoms with van der Waals surface area (Å²) < 4.78 is 12.2. The highest BCUT2D eigenvalue weighted by Gasteiger charge is 2.24. The Labute approximate surface area is 495 Å². The average Bonchev–Trinajstić information content (AvgIpc) is 2.29. The Balaban J connectivity index is 1.00. The fourth-order valence-electron chi connectivity index (χ4n) is 11.9. The van der Waals surface area contributed by atoms with Gasteiger partial charge in [-0.15, -0.1) is 11.3 Å². The molecule has 0 amide bonds. The second-order valence-corrected chi connectivity index (χ2v) is 27.3. The van der Waals surface area contributed by atoms with Crippen molar-refractivity contribution in [3.8, 4) is 50.7 Å². The Morgan fingerprint density at radius 2 is 1.04 bits per heavy atom. The van der Waals surface area contributed by atoms with Crippen molar-refractivity contribution in [1.29, 1.82) is 0 Å². The van der Waals surface area contributed by atoms with Gasteiger partial charge in [-0.2, -0.15) is 0 Å². The lowest BCUT2D eigenvalue weighted by Gasteiger charge is -2.23. The summed E-state index contributed by atoms with van der Waals surface area (Å²) >= 11 is 1.86. The molecule has 12 rings (SSSR count). The Kier molecular flexibility index (Phi) is 14.2. The molecule has 5 nitrogen and oxygen atoms in total. The highest BCUT2D eigenvalue weighted by atomic mass is 32.1. The van der Waals surface area contributed by atoms with E-state index in [2.05, 4.69) is 299 Å². The summed E-state index contributed by atoms with van der Waals surface area (Å²) in [6.45, 7) is 29.6. The zero-order valence-corrected chi connectivity index (χ0v) is 51.2. The second kappa shape index (κ2) is 21.4. The van der Waals surface area contributed by atoms with Crippen LogP contribution >= 0.6 is 11.3 Å². The van der Waals surface area contributed by atoms with E-state index < -0.39 is 0 Å². The van der Waals surface area contributed by atoms with Gasteiger partial charge in [0.15, 0.2) is 0 Å². The van der Waals surface area contributed by atoms with Crippen LogP contribution in [0.5, 0.6) is 11.5 Å². The monoisotopic (exact) mass is 1100 g/mol. The van der Waals surface area contributed by atoms with Gasteiger partial charge < -0.3 is 15.4 Å². The summed E-state index contributed by atoms with van der Waals surface area (Å²) in [6.07, 6.45) is 1.95. The van der Waals surface area contributed by atoms with Gasteiger partial charge in [0.2, 0.25) is 0 Å². The van der Waals surface area contributed by atoms with Crippen LogP contribution in [0.15, 0.2) is 200 Å². The van der Waals surface area contributed by atoms with E-state index >= 15 is 0 Å². The van der Waals surface area contributed by atoms with E-state index in [-0.39, 0.29) is 16.2 Å². The first kappa shape index (κ1) is 55.1. The van der Waals surface area contributed by atoms with Crippen LogP contribution in [0.1, 0.15) is 130 Å². The summed E-state index contributed by atoms with van der Waals surface area (Å²) in [5, 5.41) is 12.9. The van der Waals surface area contributed by atoms with Crippen LogP contribution in [0.3, 0.4) is 0 Å². The first-order valence-corrected chi connectivity index (χ1v) is 30.3. The van der Waals surface area contributed by atoms with Gasteiger partial charge in [-0.05, 0) is 139 Å². The molecule has 2 N–H and O–H groups in total. The molecule has 0 saturated heterocycles. The number of anilines is 4. The van der Waals surface area contributed by atoms with Gasteiger partial charge in [-0.1, -0.05) is 211 Å². The molecule has 83 heavy (non-hydrogen) atoms. The molecule has 0 aliphatic rings. The maximum atomic E-state index is 7.26. The highest BCUT2D eigenvalue weighted by Crippen LogP contribution is 2.47. The minimum Gasteiger partial charge on any atom is -0.457 e. The normalized spacial score (nSPS) is 12.4. The number of fused-ring (bicyclic) bond motifs is 7. The molecule has 416 valence electrons. The number of thiophene rings is 1. The van der Waals surface area contributed by atoms with Crippen LogP contribution in [0.4, 0.5) is 22.7 Å². The topological polar surface area (TPSA) is 51.1 Å². The summed E-state index contributed by atoms with van der Waals surface area (Å²) in [5.74, 6) is 2.94. The molecule has 0 radical (unpaired) electrons. The predicted octanol–water partition coefficient (Wildman–Crippen LogP) is 23.0. The maximum absolute atomic E-state index is 7.26. The quantitative estimate of drug-likeness (QED) is 0.128. The number of benzene rings is 9. The van der Waals surface area contributed by atoms with Gasteiger partial charge in [0.05, 0.1) is 28.1 Å². The first-order chi connectivity index (χ1) is 39.7. The standard InChI is InChI=1S/C77H76N4OS/c1-47(2)58-21-18-22-59(48(3)4)71(58)51-42-55(79-65-25-15-16-26-66(65)80-73-60(49-28-32-52(33-29-49)75(5,6)7)23-19-24-61(73)50-30-34-53(35-31-50)76(8,9)10)45-57(43-51)82-56-36-37-64-68(46-56)81(70-44-54(40-41-78-70)77(11,12)13)67-39-38-63-62-20-14-17-27-69(62)83-74(63)72(64)67/h14-48,79-80H,1-13H3. The van der Waals surface area contributed by atoms with E-state index in [0.717, 1.165) is 84.3 Å². The fourth-order valence-corrected chi connectivity index (χ4v) is 13.2. The Morgan fingerprint density at radius 1 is 0.458 bits per heavy atom. The number of aromatic nitrogens is 2. The van der Waals surface area contributed by atoms with E-state index in [9.17, 15) is 0 Å². The van der Waals surface area contributed by atoms with Crippen molar-refractivity contribution in [3.63, 3.8) is 0 Å². The molecular formula is C77H76N4OS. The van der Waals surface area contributed by atoms with E-state index in [1.165, 1.54) is 58.9 Å². The van der Waals surface area contributed by atoms with E-state index in [0.29, 0.717) is 11.8 Å². The van der Waals surface area contributed by atoms with Crippen molar-refractivity contribution in [2.24, 2.45) is 0 Å². The average molecular weight is 1110 g/mol. The SMILES string of the molecule is CC(C)c1cccc(C(C)C)c1-c1cc(Nc2ccccc2Nc2c(-c3ccc(C(C)(C)C)cc3)cccc2-c2ccc(C(C)(C)C)cc2)cc(Oc2ccc3c4c5sc6ccccc6c5ccc4n(-c4cc(C(C)(C)C)ccn4)c3c2)c1. The molecule has 3 aromatic heterocycles. The summed E-state index contributed by atoms with van der Waals surface area (Å²) in [6, 6.07) is 71.2. The summed E-state index contributed by atoms with van der Waals surface area (Å²) in [5.41, 5.74) is 19.4. The van der Waals surface area contributed by atoms with Crippen LogP contribution in [-0.2, 0) is 16.2 Å². The van der Waals surface area contributed by atoms with Gasteiger partial charge in [0, 0.05) is 66.1 Å². The third-order valence-electron chi connectivity index (χ3n) is 16.5. The number of rotatable bonds is 12. The van der Waals surface area contributed by atoms with E-state index in [1.807, 2.05) is 17.5 Å². The lowest BCUT2D eigenvalue weighted by Crippen LogP contribution is -2.12. The molecule has 0 aliphatic heterocycles. The third-order valence-corrected chi connectivity index (χ3v) is 17.7. The third kappa shape index (κ3) is 10.7. The molecule has 3 heterocycles. The number of hydrogen-bond acceptors (Lipinski definition) is 5.